The molecule has 0 atom stereocenters. The largest absolute Gasteiger partial charge is 0.347 e. The lowest BCUT2D eigenvalue weighted by molar-refractivity contribution is 0.0954. The van der Waals surface area contributed by atoms with E-state index in [9.17, 15) is 9.18 Å². The first kappa shape index (κ1) is 16.5. The van der Waals surface area contributed by atoms with Crippen molar-refractivity contribution in [3.8, 4) is 11.3 Å². The van der Waals surface area contributed by atoms with E-state index in [1.807, 2.05) is 47.9 Å². The van der Waals surface area contributed by atoms with Gasteiger partial charge in [-0.05, 0) is 36.8 Å². The Labute approximate surface area is 153 Å². The minimum atomic E-state index is -0.275. The van der Waals surface area contributed by atoms with E-state index < -0.39 is 0 Å². The number of nitrogens with zero attached hydrogens (tertiary/aromatic N) is 2. The predicted molar refractivity (Wildman–Crippen MR) is 101 cm³/mol. The zero-order valence-corrected chi connectivity index (χ0v) is 14.9. The SMILES string of the molecule is Cc1c(C(=O)NCc2ccccc2)sc2nc(-c3ccc(F)cc3)cn12. The molecule has 2 heterocycles. The maximum absolute atomic E-state index is 13.1. The summed E-state index contributed by atoms with van der Waals surface area (Å²) in [6.07, 6.45) is 1.88. The number of aryl methyl sites for hydroxylation is 1. The van der Waals surface area contributed by atoms with E-state index in [2.05, 4.69) is 10.3 Å². The highest BCUT2D eigenvalue weighted by molar-refractivity contribution is 7.19. The first-order valence-electron chi connectivity index (χ1n) is 8.18. The summed E-state index contributed by atoms with van der Waals surface area (Å²) < 4.78 is 15.0. The van der Waals surface area contributed by atoms with Crippen molar-refractivity contribution >= 4 is 22.2 Å². The summed E-state index contributed by atoms with van der Waals surface area (Å²) in [6, 6.07) is 16.0. The number of aromatic nitrogens is 2. The molecule has 0 bridgehead atoms. The van der Waals surface area contributed by atoms with Crippen LogP contribution in [0.15, 0.2) is 60.8 Å². The van der Waals surface area contributed by atoms with Crippen LogP contribution in [0.5, 0.6) is 0 Å². The van der Waals surface area contributed by atoms with Crippen LogP contribution in [0.2, 0.25) is 0 Å². The maximum atomic E-state index is 13.1. The van der Waals surface area contributed by atoms with Crippen molar-refractivity contribution in [3.63, 3.8) is 0 Å². The molecule has 4 aromatic rings. The van der Waals surface area contributed by atoms with E-state index in [1.165, 1.54) is 23.5 Å². The molecule has 0 aliphatic heterocycles. The minimum absolute atomic E-state index is 0.106. The number of rotatable bonds is 4. The molecule has 1 amide bonds. The van der Waals surface area contributed by atoms with Gasteiger partial charge in [0.05, 0.1) is 5.69 Å². The van der Waals surface area contributed by atoms with Gasteiger partial charge in [-0.25, -0.2) is 9.37 Å². The summed E-state index contributed by atoms with van der Waals surface area (Å²) in [5.74, 6) is -0.381. The molecule has 0 unspecified atom stereocenters. The lowest BCUT2D eigenvalue weighted by Crippen LogP contribution is -2.22. The number of halogens is 1. The Kier molecular flexibility index (Phi) is 4.26. The summed E-state index contributed by atoms with van der Waals surface area (Å²) in [5, 5.41) is 2.95. The fourth-order valence-corrected chi connectivity index (χ4v) is 3.80. The number of nitrogens with one attached hydrogen (secondary N) is 1. The summed E-state index contributed by atoms with van der Waals surface area (Å²) in [6.45, 7) is 2.39. The minimum Gasteiger partial charge on any atom is -0.347 e. The van der Waals surface area contributed by atoms with Gasteiger partial charge in [0.2, 0.25) is 0 Å². The maximum Gasteiger partial charge on any atom is 0.263 e. The van der Waals surface area contributed by atoms with Crippen LogP contribution in [0.25, 0.3) is 16.2 Å². The van der Waals surface area contributed by atoms with E-state index >= 15 is 0 Å². The molecule has 1 N–H and O–H groups in total. The number of imidazole rings is 1. The highest BCUT2D eigenvalue weighted by Gasteiger charge is 2.18. The van der Waals surface area contributed by atoms with Crippen LogP contribution in [-0.2, 0) is 6.54 Å². The average molecular weight is 365 g/mol. The Morgan fingerprint density at radius 3 is 2.58 bits per heavy atom. The molecule has 130 valence electrons. The molecular weight excluding hydrogens is 349 g/mol. The van der Waals surface area contributed by atoms with Gasteiger partial charge in [0, 0.05) is 24.0 Å². The quantitative estimate of drug-likeness (QED) is 0.581. The zero-order chi connectivity index (χ0) is 18.1. The highest BCUT2D eigenvalue weighted by Crippen LogP contribution is 2.27. The molecule has 0 spiro atoms. The van der Waals surface area contributed by atoms with Crippen LogP contribution >= 0.6 is 11.3 Å². The van der Waals surface area contributed by atoms with Gasteiger partial charge in [-0.2, -0.15) is 0 Å². The Balaban J connectivity index is 1.57. The van der Waals surface area contributed by atoms with Gasteiger partial charge < -0.3 is 5.32 Å². The average Bonchev–Trinajstić information content (AvgIpc) is 3.21. The van der Waals surface area contributed by atoms with Gasteiger partial charge in [-0.3, -0.25) is 9.20 Å². The smallest absolute Gasteiger partial charge is 0.263 e. The number of amides is 1. The number of carbonyl (C=O) groups is 1. The fraction of sp³-hybridized carbons (Fsp3) is 0.100. The second kappa shape index (κ2) is 6.72. The first-order chi connectivity index (χ1) is 12.6. The van der Waals surface area contributed by atoms with E-state index in [0.29, 0.717) is 11.4 Å². The van der Waals surface area contributed by atoms with E-state index in [-0.39, 0.29) is 11.7 Å². The van der Waals surface area contributed by atoms with Crippen molar-refractivity contribution in [2.45, 2.75) is 13.5 Å². The van der Waals surface area contributed by atoms with Crippen molar-refractivity contribution in [1.29, 1.82) is 0 Å². The monoisotopic (exact) mass is 365 g/mol. The Hall–Kier alpha value is -2.99. The molecule has 4 rings (SSSR count). The third-order valence-electron chi connectivity index (χ3n) is 4.20. The predicted octanol–water partition coefficient (Wildman–Crippen LogP) is 4.44. The number of hydrogen-bond donors (Lipinski definition) is 1. The van der Waals surface area contributed by atoms with E-state index in [1.54, 1.807) is 12.1 Å². The Bertz CT molecular complexity index is 1070. The van der Waals surface area contributed by atoms with Crippen LogP contribution < -0.4 is 5.32 Å². The zero-order valence-electron chi connectivity index (χ0n) is 14.1. The van der Waals surface area contributed by atoms with Crippen LogP contribution in [-0.4, -0.2) is 15.3 Å². The first-order valence-corrected chi connectivity index (χ1v) is 9.00. The third kappa shape index (κ3) is 3.11. The summed E-state index contributed by atoms with van der Waals surface area (Å²) in [4.78, 5) is 18.5. The third-order valence-corrected chi connectivity index (χ3v) is 5.35. The van der Waals surface area contributed by atoms with Crippen LogP contribution in [0, 0.1) is 12.7 Å². The normalized spacial score (nSPS) is 11.0. The molecule has 26 heavy (non-hydrogen) atoms. The summed E-state index contributed by atoms with van der Waals surface area (Å²) >= 11 is 1.35. The van der Waals surface area contributed by atoms with Gasteiger partial charge in [-0.15, -0.1) is 0 Å². The number of benzene rings is 2. The van der Waals surface area contributed by atoms with Gasteiger partial charge in [0.25, 0.3) is 5.91 Å². The molecule has 0 saturated carbocycles. The fourth-order valence-electron chi connectivity index (χ4n) is 2.78. The second-order valence-corrected chi connectivity index (χ2v) is 6.95. The van der Waals surface area contributed by atoms with Crippen LogP contribution in [0.4, 0.5) is 4.39 Å². The summed E-state index contributed by atoms with van der Waals surface area (Å²) in [7, 11) is 0. The molecule has 4 nitrogen and oxygen atoms in total. The lowest BCUT2D eigenvalue weighted by Gasteiger charge is -2.04. The molecular formula is C20H16FN3OS. The van der Waals surface area contributed by atoms with E-state index in [0.717, 1.165) is 27.5 Å². The molecule has 0 saturated heterocycles. The van der Waals surface area contributed by atoms with Crippen molar-refractivity contribution in [2.24, 2.45) is 0 Å². The van der Waals surface area contributed by atoms with Gasteiger partial charge in [-0.1, -0.05) is 41.7 Å². The molecule has 0 aliphatic carbocycles. The molecule has 0 fully saturated rings. The molecule has 2 aromatic heterocycles. The van der Waals surface area contributed by atoms with Gasteiger partial charge in [0.1, 0.15) is 10.7 Å². The van der Waals surface area contributed by atoms with Crippen molar-refractivity contribution in [3.05, 3.63) is 82.7 Å². The molecule has 6 heteroatoms. The standard InChI is InChI=1S/C20H16FN3OS/c1-13-18(19(25)22-11-14-5-3-2-4-6-14)26-20-23-17(12-24(13)20)15-7-9-16(21)10-8-15/h2-10,12H,11H2,1H3,(H,22,25). The van der Waals surface area contributed by atoms with Crippen LogP contribution in [0.3, 0.4) is 0 Å². The van der Waals surface area contributed by atoms with Crippen molar-refractivity contribution < 1.29 is 9.18 Å². The van der Waals surface area contributed by atoms with Crippen molar-refractivity contribution in [1.82, 2.24) is 14.7 Å². The number of thiazole rings is 1. The molecule has 0 aliphatic rings. The Morgan fingerprint density at radius 2 is 1.88 bits per heavy atom. The number of fused-ring (bicyclic) bond motifs is 1. The van der Waals surface area contributed by atoms with Gasteiger partial charge in [0.15, 0.2) is 4.96 Å². The van der Waals surface area contributed by atoms with Crippen molar-refractivity contribution in [2.75, 3.05) is 0 Å². The van der Waals surface area contributed by atoms with E-state index in [4.69, 9.17) is 0 Å². The topological polar surface area (TPSA) is 46.4 Å². The van der Waals surface area contributed by atoms with Crippen LogP contribution in [0.1, 0.15) is 20.9 Å². The Morgan fingerprint density at radius 1 is 1.15 bits per heavy atom. The number of hydrogen-bond acceptors (Lipinski definition) is 3. The number of carbonyl (C=O) groups excluding carboxylic acids is 1. The van der Waals surface area contributed by atoms with Gasteiger partial charge >= 0.3 is 0 Å². The second-order valence-electron chi connectivity index (χ2n) is 5.97. The highest BCUT2D eigenvalue weighted by atomic mass is 32.1. The lowest BCUT2D eigenvalue weighted by atomic mass is 10.2. The molecule has 0 radical (unpaired) electrons. The molecule has 2 aromatic carbocycles. The summed E-state index contributed by atoms with van der Waals surface area (Å²) in [5.41, 5.74) is 3.50.